The number of rotatable bonds is 2. The molecule has 1 saturated heterocycles. The van der Waals surface area contributed by atoms with E-state index in [0.717, 1.165) is 19.7 Å². The summed E-state index contributed by atoms with van der Waals surface area (Å²) >= 11 is 0. The number of ether oxygens (including phenoxy) is 1. The highest BCUT2D eigenvalue weighted by Gasteiger charge is 2.19. The maximum absolute atomic E-state index is 5.83. The van der Waals surface area contributed by atoms with Gasteiger partial charge in [-0.25, -0.2) is 0 Å². The van der Waals surface area contributed by atoms with Crippen molar-refractivity contribution in [2.24, 2.45) is 11.7 Å². The molecule has 0 spiro atoms. The first-order valence-electron chi connectivity index (χ1n) is 4.27. The van der Waals surface area contributed by atoms with Gasteiger partial charge in [0, 0.05) is 13.1 Å². The smallest absolute Gasteiger partial charge is 0.0814 e. The molecule has 66 valence electrons. The molecule has 1 aliphatic rings. The zero-order chi connectivity index (χ0) is 8.27. The molecule has 0 aromatic heterocycles. The summed E-state index contributed by atoms with van der Waals surface area (Å²) in [6, 6.07) is 0. The fourth-order valence-electron chi connectivity index (χ4n) is 1.35. The van der Waals surface area contributed by atoms with Gasteiger partial charge in [0.1, 0.15) is 0 Å². The van der Waals surface area contributed by atoms with Crippen LogP contribution in [-0.4, -0.2) is 37.4 Å². The molecule has 1 atom stereocenters. The van der Waals surface area contributed by atoms with Gasteiger partial charge in [-0.05, 0) is 5.92 Å². The van der Waals surface area contributed by atoms with Crippen molar-refractivity contribution in [1.29, 1.82) is 0 Å². The summed E-state index contributed by atoms with van der Waals surface area (Å²) < 4.78 is 5.23. The molecule has 0 aliphatic carbocycles. The van der Waals surface area contributed by atoms with Gasteiger partial charge in [0.25, 0.3) is 0 Å². The lowest BCUT2D eigenvalue weighted by atomic mass is 10.2. The summed E-state index contributed by atoms with van der Waals surface area (Å²) in [6.07, 6.45) is 0.117. The van der Waals surface area contributed by atoms with E-state index in [4.69, 9.17) is 10.5 Å². The molecule has 1 rings (SSSR count). The van der Waals surface area contributed by atoms with Crippen LogP contribution in [0.2, 0.25) is 0 Å². The van der Waals surface area contributed by atoms with Crippen molar-refractivity contribution in [2.75, 3.05) is 26.3 Å². The lowest BCUT2D eigenvalue weighted by molar-refractivity contribution is -0.00976. The van der Waals surface area contributed by atoms with Crippen molar-refractivity contribution in [1.82, 2.24) is 4.90 Å². The van der Waals surface area contributed by atoms with E-state index < -0.39 is 0 Å². The standard InChI is InChI=1S/C8H18N2O/c1-7(2)5-10-3-4-11-6-8(10)9/h7-8H,3-6,9H2,1-2H3. The Balaban J connectivity index is 2.29. The van der Waals surface area contributed by atoms with Gasteiger partial charge in [-0.2, -0.15) is 0 Å². The minimum absolute atomic E-state index is 0.117. The molecule has 1 unspecified atom stereocenters. The van der Waals surface area contributed by atoms with E-state index >= 15 is 0 Å². The summed E-state index contributed by atoms with van der Waals surface area (Å²) in [5.74, 6) is 0.694. The van der Waals surface area contributed by atoms with Crippen molar-refractivity contribution in [3.05, 3.63) is 0 Å². The molecule has 0 amide bonds. The molecule has 0 aromatic rings. The van der Waals surface area contributed by atoms with Gasteiger partial charge in [-0.3, -0.25) is 4.90 Å². The van der Waals surface area contributed by atoms with E-state index in [-0.39, 0.29) is 6.17 Å². The zero-order valence-electron chi connectivity index (χ0n) is 7.42. The molecule has 3 nitrogen and oxygen atoms in total. The average molecular weight is 158 g/mol. The van der Waals surface area contributed by atoms with Crippen LogP contribution < -0.4 is 5.73 Å². The normalized spacial score (nSPS) is 27.8. The predicted molar refractivity (Wildman–Crippen MR) is 45.2 cm³/mol. The van der Waals surface area contributed by atoms with Crippen LogP contribution in [0.25, 0.3) is 0 Å². The van der Waals surface area contributed by atoms with Gasteiger partial charge >= 0.3 is 0 Å². The first-order valence-corrected chi connectivity index (χ1v) is 4.27. The van der Waals surface area contributed by atoms with E-state index in [1.165, 1.54) is 0 Å². The van der Waals surface area contributed by atoms with Crippen molar-refractivity contribution >= 4 is 0 Å². The maximum Gasteiger partial charge on any atom is 0.0814 e. The second-order valence-electron chi connectivity index (χ2n) is 3.53. The molecular weight excluding hydrogens is 140 g/mol. The third-order valence-electron chi connectivity index (χ3n) is 1.88. The summed E-state index contributed by atoms with van der Waals surface area (Å²) in [6.45, 7) is 8.02. The highest BCUT2D eigenvalue weighted by atomic mass is 16.5. The molecule has 0 aromatic carbocycles. The fraction of sp³-hybridized carbons (Fsp3) is 1.00. The lowest BCUT2D eigenvalue weighted by Gasteiger charge is -2.33. The maximum atomic E-state index is 5.83. The average Bonchev–Trinajstić information content (AvgIpc) is 1.93. The number of nitrogens with two attached hydrogens (primary N) is 1. The van der Waals surface area contributed by atoms with E-state index in [2.05, 4.69) is 18.7 Å². The van der Waals surface area contributed by atoms with Crippen molar-refractivity contribution in [3.8, 4) is 0 Å². The largest absolute Gasteiger partial charge is 0.377 e. The Hall–Kier alpha value is -0.120. The quantitative estimate of drug-likeness (QED) is 0.626. The molecule has 0 bridgehead atoms. The van der Waals surface area contributed by atoms with Crippen molar-refractivity contribution < 1.29 is 4.74 Å². The van der Waals surface area contributed by atoms with Gasteiger partial charge in [-0.15, -0.1) is 0 Å². The monoisotopic (exact) mass is 158 g/mol. The highest BCUT2D eigenvalue weighted by Crippen LogP contribution is 2.05. The molecule has 11 heavy (non-hydrogen) atoms. The molecule has 1 aliphatic heterocycles. The highest BCUT2D eigenvalue weighted by molar-refractivity contribution is 4.70. The third-order valence-corrected chi connectivity index (χ3v) is 1.88. The van der Waals surface area contributed by atoms with E-state index in [9.17, 15) is 0 Å². The Kier molecular flexibility index (Phi) is 3.30. The fourth-order valence-corrected chi connectivity index (χ4v) is 1.35. The minimum atomic E-state index is 0.117. The van der Waals surface area contributed by atoms with E-state index in [1.807, 2.05) is 0 Å². The van der Waals surface area contributed by atoms with Crippen LogP contribution >= 0.6 is 0 Å². The lowest BCUT2D eigenvalue weighted by Crippen LogP contribution is -2.51. The number of nitrogens with zero attached hydrogens (tertiary/aromatic N) is 1. The van der Waals surface area contributed by atoms with Gasteiger partial charge in [-0.1, -0.05) is 13.8 Å². The number of morpholine rings is 1. The molecule has 1 heterocycles. The van der Waals surface area contributed by atoms with Crippen LogP contribution in [0.1, 0.15) is 13.8 Å². The van der Waals surface area contributed by atoms with Gasteiger partial charge in [0.2, 0.25) is 0 Å². The van der Waals surface area contributed by atoms with Crippen LogP contribution in [-0.2, 0) is 4.74 Å². The number of hydrogen-bond acceptors (Lipinski definition) is 3. The van der Waals surface area contributed by atoms with E-state index in [1.54, 1.807) is 0 Å². The van der Waals surface area contributed by atoms with Crippen LogP contribution in [0.5, 0.6) is 0 Å². The van der Waals surface area contributed by atoms with Crippen LogP contribution in [0.15, 0.2) is 0 Å². The molecule has 2 N–H and O–H groups in total. The van der Waals surface area contributed by atoms with Crippen LogP contribution in [0.4, 0.5) is 0 Å². The number of hydrogen-bond donors (Lipinski definition) is 1. The van der Waals surface area contributed by atoms with E-state index in [0.29, 0.717) is 12.5 Å². The summed E-state index contributed by atoms with van der Waals surface area (Å²) in [5, 5.41) is 0. The minimum Gasteiger partial charge on any atom is -0.377 e. The molecule has 0 saturated carbocycles. The van der Waals surface area contributed by atoms with Gasteiger partial charge < -0.3 is 10.5 Å². The summed E-state index contributed by atoms with van der Waals surface area (Å²) in [4.78, 5) is 2.29. The van der Waals surface area contributed by atoms with Gasteiger partial charge in [0.05, 0.1) is 19.4 Å². The summed E-state index contributed by atoms with van der Waals surface area (Å²) in [7, 11) is 0. The first kappa shape index (κ1) is 8.97. The summed E-state index contributed by atoms with van der Waals surface area (Å²) in [5.41, 5.74) is 5.83. The van der Waals surface area contributed by atoms with Crippen LogP contribution in [0.3, 0.4) is 0 Å². The second kappa shape index (κ2) is 4.04. The van der Waals surface area contributed by atoms with Gasteiger partial charge in [0.15, 0.2) is 0 Å². The van der Waals surface area contributed by atoms with Crippen molar-refractivity contribution in [2.45, 2.75) is 20.0 Å². The molecular formula is C8H18N2O. The predicted octanol–water partition coefficient (Wildman–Crippen LogP) is 0.259. The Morgan fingerprint density at radius 3 is 2.91 bits per heavy atom. The topological polar surface area (TPSA) is 38.5 Å². The molecule has 3 heteroatoms. The Bertz CT molecular complexity index is 117. The molecule has 0 radical (unpaired) electrons. The zero-order valence-corrected chi connectivity index (χ0v) is 7.42. The first-order chi connectivity index (χ1) is 5.20. The third kappa shape index (κ3) is 2.77. The Morgan fingerprint density at radius 1 is 1.64 bits per heavy atom. The Labute approximate surface area is 68.5 Å². The molecule has 1 fully saturated rings. The van der Waals surface area contributed by atoms with Crippen molar-refractivity contribution in [3.63, 3.8) is 0 Å². The second-order valence-corrected chi connectivity index (χ2v) is 3.53. The van der Waals surface area contributed by atoms with Crippen LogP contribution in [0, 0.1) is 5.92 Å². The SMILES string of the molecule is CC(C)CN1CCOCC1N. The Morgan fingerprint density at radius 2 is 2.36 bits per heavy atom.